The van der Waals surface area contributed by atoms with Crippen LogP contribution in [0.3, 0.4) is 0 Å². The van der Waals surface area contributed by atoms with Gasteiger partial charge in [-0.1, -0.05) is 84.4 Å². The summed E-state index contributed by atoms with van der Waals surface area (Å²) in [5.74, 6) is -0.811. The molecule has 0 fully saturated rings. The van der Waals surface area contributed by atoms with Gasteiger partial charge in [-0.05, 0) is 34.5 Å². The molecular weight excluding hydrogens is 422 g/mol. The van der Waals surface area contributed by atoms with Crippen molar-refractivity contribution < 1.29 is 14.7 Å². The fourth-order valence-corrected chi connectivity index (χ4v) is 4.52. The van der Waals surface area contributed by atoms with E-state index in [1.54, 1.807) is 36.4 Å². The molecule has 0 aliphatic carbocycles. The molecule has 32 heavy (non-hydrogen) atoms. The lowest BCUT2D eigenvalue weighted by atomic mass is 9.88. The lowest BCUT2D eigenvalue weighted by Gasteiger charge is -2.23. The van der Waals surface area contributed by atoms with Crippen LogP contribution < -0.4 is 4.90 Å². The van der Waals surface area contributed by atoms with Crippen LogP contribution >= 0.6 is 11.6 Å². The second-order valence-corrected chi connectivity index (χ2v) is 8.43. The number of benzene rings is 4. The van der Waals surface area contributed by atoms with Crippen LogP contribution in [0.1, 0.15) is 27.9 Å². The van der Waals surface area contributed by atoms with Crippen LogP contribution in [-0.4, -0.2) is 16.8 Å². The van der Waals surface area contributed by atoms with Crippen molar-refractivity contribution in [3.8, 4) is 0 Å². The van der Waals surface area contributed by atoms with E-state index in [0.717, 1.165) is 16.3 Å². The number of hydrogen-bond acceptors (Lipinski definition) is 3. The number of rotatable bonds is 5. The lowest BCUT2D eigenvalue weighted by Crippen LogP contribution is -2.41. The average molecular weight is 442 g/mol. The minimum atomic E-state index is -1.93. The molecule has 0 bridgehead atoms. The number of ketones is 1. The highest BCUT2D eigenvalue weighted by Crippen LogP contribution is 2.44. The average Bonchev–Trinajstić information content (AvgIpc) is 3.02. The quantitative estimate of drug-likeness (QED) is 0.416. The molecular formula is C27H20ClNO3. The van der Waals surface area contributed by atoms with Gasteiger partial charge >= 0.3 is 0 Å². The van der Waals surface area contributed by atoms with Crippen LogP contribution in [0.2, 0.25) is 5.02 Å². The number of fused-ring (bicyclic) bond motifs is 2. The Morgan fingerprint density at radius 1 is 0.875 bits per heavy atom. The minimum absolute atomic E-state index is 0.210. The number of amides is 1. The number of halogens is 1. The fourth-order valence-electron chi connectivity index (χ4n) is 4.33. The highest BCUT2D eigenvalue weighted by molar-refractivity contribution is 6.31. The van der Waals surface area contributed by atoms with Gasteiger partial charge in [-0.3, -0.25) is 9.59 Å². The molecule has 0 saturated heterocycles. The van der Waals surface area contributed by atoms with E-state index >= 15 is 0 Å². The summed E-state index contributed by atoms with van der Waals surface area (Å²) < 4.78 is 0. The molecule has 0 saturated carbocycles. The number of carbonyl (C=O) groups is 2. The molecule has 4 nitrogen and oxygen atoms in total. The molecule has 0 unspecified atom stereocenters. The molecule has 1 amide bonds. The van der Waals surface area contributed by atoms with E-state index in [4.69, 9.17) is 11.6 Å². The summed E-state index contributed by atoms with van der Waals surface area (Å²) in [6.45, 7) is 0.210. The van der Waals surface area contributed by atoms with Gasteiger partial charge in [-0.15, -0.1) is 0 Å². The van der Waals surface area contributed by atoms with Gasteiger partial charge < -0.3 is 10.0 Å². The van der Waals surface area contributed by atoms with Gasteiger partial charge in [0.05, 0.1) is 18.7 Å². The maximum absolute atomic E-state index is 13.5. The van der Waals surface area contributed by atoms with E-state index < -0.39 is 11.5 Å². The molecule has 0 aromatic heterocycles. The lowest BCUT2D eigenvalue weighted by molar-refractivity contribution is -0.136. The third-order valence-corrected chi connectivity index (χ3v) is 6.38. The van der Waals surface area contributed by atoms with Gasteiger partial charge in [-0.2, -0.15) is 0 Å². The van der Waals surface area contributed by atoms with E-state index in [9.17, 15) is 14.7 Å². The Hall–Kier alpha value is -3.47. The van der Waals surface area contributed by atoms with Gasteiger partial charge in [0.25, 0.3) is 5.91 Å². The normalized spacial score (nSPS) is 17.6. The molecule has 5 rings (SSSR count). The first-order chi connectivity index (χ1) is 15.5. The topological polar surface area (TPSA) is 57.6 Å². The highest BCUT2D eigenvalue weighted by atomic mass is 35.5. The summed E-state index contributed by atoms with van der Waals surface area (Å²) in [6, 6.07) is 27.5. The van der Waals surface area contributed by atoms with E-state index in [-0.39, 0.29) is 18.7 Å². The molecule has 1 heterocycles. The smallest absolute Gasteiger partial charge is 0.264 e. The summed E-state index contributed by atoms with van der Waals surface area (Å²) in [6.07, 6.45) is -0.333. The summed E-state index contributed by atoms with van der Waals surface area (Å²) in [5, 5.41) is 14.0. The molecule has 4 aromatic carbocycles. The third-order valence-electron chi connectivity index (χ3n) is 6.01. The van der Waals surface area contributed by atoms with E-state index in [2.05, 4.69) is 0 Å². The van der Waals surface area contributed by atoms with Gasteiger partial charge in [0.2, 0.25) is 0 Å². The molecule has 0 spiro atoms. The zero-order valence-electron chi connectivity index (χ0n) is 17.2. The van der Waals surface area contributed by atoms with Crippen molar-refractivity contribution in [2.24, 2.45) is 0 Å². The minimum Gasteiger partial charge on any atom is -0.375 e. The Bertz CT molecular complexity index is 1370. The van der Waals surface area contributed by atoms with Crippen molar-refractivity contribution in [1.29, 1.82) is 0 Å². The molecule has 0 radical (unpaired) electrons. The molecule has 1 aliphatic heterocycles. The molecule has 1 aliphatic rings. The number of anilines is 1. The van der Waals surface area contributed by atoms with Crippen molar-refractivity contribution in [3.05, 3.63) is 113 Å². The number of para-hydroxylation sites is 1. The second-order valence-electron chi connectivity index (χ2n) is 8.02. The van der Waals surface area contributed by atoms with Gasteiger partial charge in [0.15, 0.2) is 11.4 Å². The van der Waals surface area contributed by atoms with Gasteiger partial charge in [0, 0.05) is 16.1 Å². The molecule has 4 aromatic rings. The van der Waals surface area contributed by atoms with E-state index in [0.29, 0.717) is 21.8 Å². The van der Waals surface area contributed by atoms with Crippen LogP contribution in [-0.2, 0) is 16.9 Å². The van der Waals surface area contributed by atoms with Crippen molar-refractivity contribution in [2.45, 2.75) is 18.6 Å². The van der Waals surface area contributed by atoms with Crippen LogP contribution in [0.5, 0.6) is 0 Å². The van der Waals surface area contributed by atoms with Crippen LogP contribution in [0.4, 0.5) is 5.69 Å². The summed E-state index contributed by atoms with van der Waals surface area (Å²) in [7, 11) is 0. The Balaban J connectivity index is 1.49. The summed E-state index contributed by atoms with van der Waals surface area (Å²) >= 11 is 6.31. The van der Waals surface area contributed by atoms with Crippen LogP contribution in [0, 0.1) is 0 Å². The Morgan fingerprint density at radius 3 is 2.38 bits per heavy atom. The van der Waals surface area contributed by atoms with Crippen molar-refractivity contribution in [2.75, 3.05) is 4.90 Å². The Morgan fingerprint density at radius 2 is 1.56 bits per heavy atom. The van der Waals surface area contributed by atoms with Gasteiger partial charge in [-0.25, -0.2) is 0 Å². The number of aliphatic hydroxyl groups is 1. The Labute approximate surface area is 190 Å². The summed E-state index contributed by atoms with van der Waals surface area (Å²) in [5.41, 5.74) is 0.326. The van der Waals surface area contributed by atoms with Crippen molar-refractivity contribution in [1.82, 2.24) is 0 Å². The number of hydrogen-bond donors (Lipinski definition) is 1. The number of carbonyl (C=O) groups excluding carboxylic acids is 2. The van der Waals surface area contributed by atoms with E-state index in [1.807, 2.05) is 54.6 Å². The first kappa shape index (κ1) is 20.4. The first-order valence-electron chi connectivity index (χ1n) is 10.4. The van der Waals surface area contributed by atoms with Gasteiger partial charge in [0.1, 0.15) is 0 Å². The van der Waals surface area contributed by atoms with Crippen molar-refractivity contribution >= 4 is 39.8 Å². The molecule has 158 valence electrons. The zero-order valence-corrected chi connectivity index (χ0v) is 17.9. The molecule has 1 atom stereocenters. The largest absolute Gasteiger partial charge is 0.375 e. The third kappa shape index (κ3) is 3.38. The predicted molar refractivity (Wildman–Crippen MR) is 126 cm³/mol. The fraction of sp³-hybridized carbons (Fsp3) is 0.111. The maximum atomic E-state index is 13.5. The standard InChI is InChI=1S/C27H20ClNO3/c28-23-11-5-3-9-21(23)17-29-24-12-6-4-10-22(24)27(32,26(29)31)16-25(30)20-14-13-18-7-1-2-8-19(18)15-20/h1-15,32H,16-17H2/t27-/m0/s1. The predicted octanol–water partition coefficient (Wildman–Crippen LogP) is 5.50. The Kier molecular flexibility index (Phi) is 5.04. The number of nitrogens with zero attached hydrogens (tertiary/aromatic N) is 1. The first-order valence-corrected chi connectivity index (χ1v) is 10.7. The molecule has 1 N–H and O–H groups in total. The summed E-state index contributed by atoms with van der Waals surface area (Å²) in [4.78, 5) is 28.1. The molecule has 5 heteroatoms. The zero-order chi connectivity index (χ0) is 22.3. The monoisotopic (exact) mass is 441 g/mol. The van der Waals surface area contributed by atoms with Crippen LogP contribution in [0.15, 0.2) is 91.0 Å². The van der Waals surface area contributed by atoms with Crippen LogP contribution in [0.25, 0.3) is 10.8 Å². The SMILES string of the molecule is O=C(C[C@@]1(O)C(=O)N(Cc2ccccc2Cl)c2ccccc21)c1ccc2ccccc2c1. The second kappa shape index (κ2) is 7.90. The highest BCUT2D eigenvalue weighted by Gasteiger charge is 2.50. The maximum Gasteiger partial charge on any atom is 0.264 e. The van der Waals surface area contributed by atoms with E-state index in [1.165, 1.54) is 4.90 Å². The van der Waals surface area contributed by atoms with Crippen molar-refractivity contribution in [3.63, 3.8) is 0 Å². The number of Topliss-reactive ketones (excluding diaryl/α,β-unsaturated/α-hetero) is 1.